The first kappa shape index (κ1) is 20.0. The molecule has 0 saturated heterocycles. The van der Waals surface area contributed by atoms with Crippen LogP contribution in [-0.4, -0.2) is 38.1 Å². The highest BCUT2D eigenvalue weighted by Crippen LogP contribution is 2.22. The van der Waals surface area contributed by atoms with Gasteiger partial charge in [0.1, 0.15) is 11.4 Å². The van der Waals surface area contributed by atoms with Crippen molar-refractivity contribution in [3.05, 3.63) is 62.5 Å². The minimum Gasteiger partial charge on any atom is -0.497 e. The van der Waals surface area contributed by atoms with Gasteiger partial charge in [-0.1, -0.05) is 0 Å². The highest BCUT2D eigenvalue weighted by Gasteiger charge is 2.16. The van der Waals surface area contributed by atoms with E-state index in [2.05, 4.69) is 41.1 Å². The number of pyridine rings is 2. The van der Waals surface area contributed by atoms with E-state index in [1.165, 1.54) is 0 Å². The first-order valence-corrected chi connectivity index (χ1v) is 10.1. The molecule has 0 radical (unpaired) electrons. The van der Waals surface area contributed by atoms with E-state index in [1.807, 2.05) is 42.7 Å². The SMILES string of the molecule is CCn1cc(-c2nc(N=Cc3ccc(OC)cc3)n[nH]2)c(=O)c2cc(Br)c(C)nc21. The van der Waals surface area contributed by atoms with Crippen molar-refractivity contribution in [3.63, 3.8) is 0 Å². The fourth-order valence-electron chi connectivity index (χ4n) is 3.04. The number of nitrogens with one attached hydrogen (secondary N) is 1. The van der Waals surface area contributed by atoms with E-state index in [0.29, 0.717) is 29.0 Å². The standard InChI is InChI=1S/C21H19BrN6O2/c1-4-28-11-16(18(29)15-9-17(22)12(2)24-20(15)28)19-25-21(27-26-19)23-10-13-5-7-14(30-3)8-6-13/h5-11H,4H2,1-3H3,(H,25,26,27). The summed E-state index contributed by atoms with van der Waals surface area (Å²) < 4.78 is 7.86. The van der Waals surface area contributed by atoms with Gasteiger partial charge in [0.15, 0.2) is 5.82 Å². The van der Waals surface area contributed by atoms with Crippen LogP contribution in [-0.2, 0) is 6.54 Å². The van der Waals surface area contributed by atoms with Crippen LogP contribution >= 0.6 is 15.9 Å². The van der Waals surface area contributed by atoms with Crippen molar-refractivity contribution in [2.24, 2.45) is 4.99 Å². The van der Waals surface area contributed by atoms with E-state index in [0.717, 1.165) is 21.5 Å². The van der Waals surface area contributed by atoms with Crippen molar-refractivity contribution >= 4 is 39.1 Å². The molecule has 0 bridgehead atoms. The number of fused-ring (bicyclic) bond motifs is 1. The molecule has 0 atom stereocenters. The van der Waals surface area contributed by atoms with Crippen LogP contribution in [0.1, 0.15) is 18.2 Å². The summed E-state index contributed by atoms with van der Waals surface area (Å²) in [6, 6.07) is 9.26. The molecule has 0 saturated carbocycles. The van der Waals surface area contributed by atoms with Gasteiger partial charge < -0.3 is 9.30 Å². The molecular formula is C21H19BrN6O2. The lowest BCUT2D eigenvalue weighted by Gasteiger charge is -2.11. The fourth-order valence-corrected chi connectivity index (χ4v) is 3.36. The Kier molecular flexibility index (Phi) is 5.45. The van der Waals surface area contributed by atoms with E-state index in [1.54, 1.807) is 25.6 Å². The van der Waals surface area contributed by atoms with E-state index >= 15 is 0 Å². The van der Waals surface area contributed by atoms with Gasteiger partial charge in [-0.05, 0) is 65.7 Å². The maximum atomic E-state index is 13.1. The molecule has 0 fully saturated rings. The molecule has 30 heavy (non-hydrogen) atoms. The van der Waals surface area contributed by atoms with Crippen molar-refractivity contribution in [1.82, 2.24) is 24.7 Å². The number of aromatic nitrogens is 5. The second-order valence-corrected chi connectivity index (χ2v) is 7.45. The van der Waals surface area contributed by atoms with Crippen LogP contribution in [0.2, 0.25) is 0 Å². The number of aromatic amines is 1. The molecule has 4 aromatic rings. The molecule has 9 heteroatoms. The van der Waals surface area contributed by atoms with Gasteiger partial charge in [0.2, 0.25) is 5.43 Å². The van der Waals surface area contributed by atoms with E-state index in [-0.39, 0.29) is 11.4 Å². The van der Waals surface area contributed by atoms with Gasteiger partial charge in [-0.15, -0.1) is 5.10 Å². The van der Waals surface area contributed by atoms with Gasteiger partial charge in [0.05, 0.1) is 23.8 Å². The summed E-state index contributed by atoms with van der Waals surface area (Å²) in [5.41, 5.74) is 2.61. The number of ether oxygens (including phenoxy) is 1. The van der Waals surface area contributed by atoms with E-state index in [9.17, 15) is 4.79 Å². The van der Waals surface area contributed by atoms with Gasteiger partial charge in [0.25, 0.3) is 5.95 Å². The number of hydrogen-bond donors (Lipinski definition) is 1. The minimum absolute atomic E-state index is 0.162. The van der Waals surface area contributed by atoms with Gasteiger partial charge in [-0.2, -0.15) is 4.98 Å². The molecule has 0 aliphatic carbocycles. The van der Waals surface area contributed by atoms with E-state index < -0.39 is 0 Å². The monoisotopic (exact) mass is 466 g/mol. The Balaban J connectivity index is 1.72. The zero-order valence-electron chi connectivity index (χ0n) is 16.7. The first-order valence-electron chi connectivity index (χ1n) is 9.31. The second-order valence-electron chi connectivity index (χ2n) is 6.60. The molecule has 152 valence electrons. The highest BCUT2D eigenvalue weighted by atomic mass is 79.9. The summed E-state index contributed by atoms with van der Waals surface area (Å²) in [5.74, 6) is 1.38. The largest absolute Gasteiger partial charge is 0.497 e. The normalized spacial score (nSPS) is 11.5. The Morgan fingerprint density at radius 2 is 2.03 bits per heavy atom. The molecule has 3 heterocycles. The van der Waals surface area contributed by atoms with Gasteiger partial charge >= 0.3 is 0 Å². The zero-order valence-corrected chi connectivity index (χ0v) is 18.3. The van der Waals surface area contributed by atoms with Crippen LogP contribution in [0.25, 0.3) is 22.4 Å². The van der Waals surface area contributed by atoms with Crippen molar-refractivity contribution in [2.45, 2.75) is 20.4 Å². The molecule has 0 aliphatic rings. The molecule has 0 spiro atoms. The Bertz CT molecular complexity index is 1310. The highest BCUT2D eigenvalue weighted by molar-refractivity contribution is 9.10. The van der Waals surface area contributed by atoms with Crippen molar-refractivity contribution in [3.8, 4) is 17.1 Å². The van der Waals surface area contributed by atoms with E-state index in [4.69, 9.17) is 4.74 Å². The van der Waals surface area contributed by atoms with Gasteiger partial charge in [-0.25, -0.2) is 9.98 Å². The van der Waals surface area contributed by atoms with Gasteiger partial charge in [-0.3, -0.25) is 9.89 Å². The molecule has 0 aliphatic heterocycles. The molecular weight excluding hydrogens is 448 g/mol. The van der Waals surface area contributed by atoms with Crippen LogP contribution in [0, 0.1) is 6.92 Å². The van der Waals surface area contributed by atoms with Crippen molar-refractivity contribution in [1.29, 1.82) is 0 Å². The number of H-pyrrole nitrogens is 1. The van der Waals surface area contributed by atoms with Crippen molar-refractivity contribution < 1.29 is 4.74 Å². The third-order valence-corrected chi connectivity index (χ3v) is 5.49. The average Bonchev–Trinajstić information content (AvgIpc) is 3.23. The molecule has 8 nitrogen and oxygen atoms in total. The molecule has 1 N–H and O–H groups in total. The minimum atomic E-state index is -0.162. The predicted octanol–water partition coefficient (Wildman–Crippen LogP) is 4.03. The fraction of sp³-hybridized carbons (Fsp3) is 0.190. The number of benzene rings is 1. The number of nitrogens with zero attached hydrogens (tertiary/aromatic N) is 5. The number of halogens is 1. The topological polar surface area (TPSA) is 98.0 Å². The van der Waals surface area contributed by atoms with Crippen molar-refractivity contribution in [2.75, 3.05) is 7.11 Å². The molecule has 3 aromatic heterocycles. The number of rotatable bonds is 5. The molecule has 0 unspecified atom stereocenters. The average molecular weight is 467 g/mol. The number of aliphatic imine (C=N–C) groups is 1. The zero-order chi connectivity index (χ0) is 21.3. The maximum absolute atomic E-state index is 13.1. The van der Waals surface area contributed by atoms with Crippen LogP contribution in [0.5, 0.6) is 5.75 Å². The Morgan fingerprint density at radius 3 is 2.73 bits per heavy atom. The van der Waals surface area contributed by atoms with Crippen LogP contribution < -0.4 is 10.2 Å². The predicted molar refractivity (Wildman–Crippen MR) is 120 cm³/mol. The number of aryl methyl sites for hydroxylation is 2. The summed E-state index contributed by atoms with van der Waals surface area (Å²) >= 11 is 3.46. The van der Waals surface area contributed by atoms with Crippen LogP contribution in [0.4, 0.5) is 5.95 Å². The summed E-state index contributed by atoms with van der Waals surface area (Å²) in [7, 11) is 1.62. The summed E-state index contributed by atoms with van der Waals surface area (Å²) in [6.07, 6.45) is 3.41. The first-order chi connectivity index (χ1) is 14.5. The maximum Gasteiger partial charge on any atom is 0.268 e. The third kappa shape index (κ3) is 3.76. The Hall–Kier alpha value is -3.33. The molecule has 4 rings (SSSR count). The van der Waals surface area contributed by atoms with Gasteiger partial charge in [0, 0.05) is 23.4 Å². The lowest BCUT2D eigenvalue weighted by atomic mass is 10.1. The smallest absolute Gasteiger partial charge is 0.268 e. The summed E-state index contributed by atoms with van der Waals surface area (Å²) in [5, 5.41) is 7.46. The lowest BCUT2D eigenvalue weighted by Crippen LogP contribution is -2.14. The summed E-state index contributed by atoms with van der Waals surface area (Å²) in [4.78, 5) is 26.3. The Labute approximate surface area is 180 Å². The lowest BCUT2D eigenvalue weighted by molar-refractivity contribution is 0.415. The quantitative estimate of drug-likeness (QED) is 0.447. The Morgan fingerprint density at radius 1 is 1.27 bits per heavy atom. The molecule has 0 amide bonds. The number of methoxy groups -OCH3 is 1. The summed E-state index contributed by atoms with van der Waals surface area (Å²) in [6.45, 7) is 4.55. The van der Waals surface area contributed by atoms with Crippen LogP contribution in [0.15, 0.2) is 50.8 Å². The third-order valence-electron chi connectivity index (χ3n) is 4.69. The number of hydrogen-bond acceptors (Lipinski definition) is 6. The van der Waals surface area contributed by atoms with Crippen LogP contribution in [0.3, 0.4) is 0 Å². The second kappa shape index (κ2) is 8.19. The molecule has 1 aromatic carbocycles.